The highest BCUT2D eigenvalue weighted by atomic mass is 16.2. The molecule has 3 heteroatoms. The molecular weight excluding hydrogens is 212 g/mol. The van der Waals surface area contributed by atoms with Gasteiger partial charge in [-0.25, -0.2) is 0 Å². The van der Waals surface area contributed by atoms with Crippen LogP contribution in [0.25, 0.3) is 0 Å². The second-order valence-electron chi connectivity index (χ2n) is 6.17. The molecule has 3 rings (SSSR count). The van der Waals surface area contributed by atoms with E-state index >= 15 is 0 Å². The second kappa shape index (κ2) is 4.60. The highest BCUT2D eigenvalue weighted by Crippen LogP contribution is 2.45. The Kier molecular flexibility index (Phi) is 3.12. The van der Waals surface area contributed by atoms with Crippen molar-refractivity contribution in [2.75, 3.05) is 20.1 Å². The van der Waals surface area contributed by atoms with Gasteiger partial charge in [-0.05, 0) is 37.5 Å². The topological polar surface area (TPSA) is 32.3 Å². The van der Waals surface area contributed by atoms with Crippen molar-refractivity contribution in [1.82, 2.24) is 10.2 Å². The van der Waals surface area contributed by atoms with E-state index in [-0.39, 0.29) is 0 Å². The van der Waals surface area contributed by atoms with Crippen molar-refractivity contribution in [3.8, 4) is 0 Å². The van der Waals surface area contributed by atoms with Crippen LogP contribution in [0.3, 0.4) is 0 Å². The Hall–Kier alpha value is -0.570. The average Bonchev–Trinajstić information content (AvgIpc) is 2.06. The third kappa shape index (κ3) is 1.99. The molecule has 0 aromatic heterocycles. The Bertz CT molecular complexity index is 279. The van der Waals surface area contributed by atoms with Gasteiger partial charge in [0, 0.05) is 26.1 Å². The van der Waals surface area contributed by atoms with Crippen LogP contribution < -0.4 is 5.32 Å². The molecule has 1 amide bonds. The van der Waals surface area contributed by atoms with Crippen molar-refractivity contribution < 1.29 is 4.79 Å². The number of nitrogens with one attached hydrogen (secondary N) is 1. The molecular formula is C14H24N2O. The van der Waals surface area contributed by atoms with Gasteiger partial charge in [-0.3, -0.25) is 4.79 Å². The molecule has 0 spiro atoms. The summed E-state index contributed by atoms with van der Waals surface area (Å²) in [6.45, 7) is 1.98. The molecule has 0 radical (unpaired) electrons. The second-order valence-corrected chi connectivity index (χ2v) is 6.17. The van der Waals surface area contributed by atoms with Crippen LogP contribution in [-0.4, -0.2) is 37.0 Å². The summed E-state index contributed by atoms with van der Waals surface area (Å²) in [5.41, 5.74) is 0. The first-order valence-electron chi connectivity index (χ1n) is 7.25. The van der Waals surface area contributed by atoms with Gasteiger partial charge in [0.2, 0.25) is 5.91 Å². The number of carbonyl (C=O) groups is 1. The minimum Gasteiger partial charge on any atom is -0.340 e. The number of amides is 1. The minimum absolute atomic E-state index is 0.364. The van der Waals surface area contributed by atoms with Crippen LogP contribution in [0.2, 0.25) is 0 Å². The number of likely N-dealkylation sites (N-methyl/N-ethyl adjacent to an activating group) is 1. The van der Waals surface area contributed by atoms with E-state index in [1.165, 1.54) is 38.5 Å². The van der Waals surface area contributed by atoms with Crippen LogP contribution in [0.15, 0.2) is 0 Å². The molecule has 96 valence electrons. The van der Waals surface area contributed by atoms with Crippen LogP contribution >= 0.6 is 0 Å². The lowest BCUT2D eigenvalue weighted by atomic mass is 9.64. The van der Waals surface area contributed by atoms with Crippen molar-refractivity contribution >= 4 is 5.91 Å². The van der Waals surface area contributed by atoms with Gasteiger partial charge in [-0.2, -0.15) is 0 Å². The Balaban J connectivity index is 1.65. The SMILES string of the molecule is CN(C(=O)C(C1CCC1)C1CCC1)C1CNC1. The van der Waals surface area contributed by atoms with Crippen molar-refractivity contribution in [2.24, 2.45) is 17.8 Å². The average molecular weight is 236 g/mol. The molecule has 1 saturated heterocycles. The third-order valence-corrected chi connectivity index (χ3v) is 5.26. The maximum Gasteiger partial charge on any atom is 0.226 e. The van der Waals surface area contributed by atoms with Gasteiger partial charge in [0.1, 0.15) is 0 Å². The summed E-state index contributed by atoms with van der Waals surface area (Å²) in [5.74, 6) is 2.24. The molecule has 0 aromatic carbocycles. The maximum atomic E-state index is 12.6. The highest BCUT2D eigenvalue weighted by molar-refractivity contribution is 5.80. The van der Waals surface area contributed by atoms with E-state index in [9.17, 15) is 4.79 Å². The standard InChI is InChI=1S/C14H24N2O/c1-16(12-8-15-9-12)14(17)13(10-4-2-5-10)11-6-3-7-11/h10-13,15H,2-9H2,1H3. The van der Waals surface area contributed by atoms with Crippen molar-refractivity contribution in [1.29, 1.82) is 0 Å². The van der Waals surface area contributed by atoms with Crippen LogP contribution in [0.5, 0.6) is 0 Å². The Morgan fingerprint density at radius 1 is 1.12 bits per heavy atom. The van der Waals surface area contributed by atoms with Gasteiger partial charge in [0.25, 0.3) is 0 Å². The monoisotopic (exact) mass is 236 g/mol. The van der Waals surface area contributed by atoms with E-state index < -0.39 is 0 Å². The summed E-state index contributed by atoms with van der Waals surface area (Å²) in [6.07, 6.45) is 7.87. The summed E-state index contributed by atoms with van der Waals surface area (Å²) < 4.78 is 0. The lowest BCUT2D eigenvalue weighted by molar-refractivity contribution is -0.144. The van der Waals surface area contributed by atoms with E-state index in [1.807, 2.05) is 11.9 Å². The zero-order valence-corrected chi connectivity index (χ0v) is 10.8. The molecule has 3 nitrogen and oxygen atoms in total. The van der Waals surface area contributed by atoms with Gasteiger partial charge >= 0.3 is 0 Å². The molecule has 1 N–H and O–H groups in total. The van der Waals surface area contributed by atoms with Gasteiger partial charge in [0.15, 0.2) is 0 Å². The van der Waals surface area contributed by atoms with Crippen molar-refractivity contribution in [2.45, 2.75) is 44.6 Å². The summed E-state index contributed by atoms with van der Waals surface area (Å²) in [5, 5.41) is 3.26. The number of carbonyl (C=O) groups excluding carboxylic acids is 1. The molecule has 3 aliphatic rings. The fraction of sp³-hybridized carbons (Fsp3) is 0.929. The van der Waals surface area contributed by atoms with Crippen LogP contribution in [0.4, 0.5) is 0 Å². The zero-order valence-electron chi connectivity index (χ0n) is 10.8. The van der Waals surface area contributed by atoms with E-state index in [0.29, 0.717) is 29.7 Å². The summed E-state index contributed by atoms with van der Waals surface area (Å²) >= 11 is 0. The molecule has 1 aliphatic heterocycles. The molecule has 2 aliphatic carbocycles. The molecule has 0 bridgehead atoms. The predicted octanol–water partition coefficient (Wildman–Crippen LogP) is 1.63. The fourth-order valence-electron chi connectivity index (χ4n) is 3.35. The number of hydrogen-bond donors (Lipinski definition) is 1. The van der Waals surface area contributed by atoms with Gasteiger partial charge in [-0.15, -0.1) is 0 Å². The number of rotatable bonds is 4. The van der Waals surface area contributed by atoms with Crippen molar-refractivity contribution in [3.63, 3.8) is 0 Å². The van der Waals surface area contributed by atoms with Gasteiger partial charge < -0.3 is 10.2 Å². The molecule has 1 heterocycles. The number of hydrogen-bond acceptors (Lipinski definition) is 2. The Morgan fingerprint density at radius 3 is 1.94 bits per heavy atom. The molecule has 3 fully saturated rings. The molecule has 0 atom stereocenters. The molecule has 17 heavy (non-hydrogen) atoms. The first kappa shape index (κ1) is 11.5. The van der Waals surface area contributed by atoms with E-state index in [2.05, 4.69) is 5.32 Å². The molecule has 0 unspecified atom stereocenters. The molecule has 0 aromatic rings. The predicted molar refractivity (Wildman–Crippen MR) is 67.6 cm³/mol. The normalized spacial score (nSPS) is 26.2. The van der Waals surface area contributed by atoms with Crippen LogP contribution in [0, 0.1) is 17.8 Å². The summed E-state index contributed by atoms with van der Waals surface area (Å²) in [7, 11) is 2.01. The highest BCUT2D eigenvalue weighted by Gasteiger charge is 2.43. The third-order valence-electron chi connectivity index (χ3n) is 5.26. The first-order chi connectivity index (χ1) is 8.27. The van der Waals surface area contributed by atoms with Crippen LogP contribution in [0.1, 0.15) is 38.5 Å². The Morgan fingerprint density at radius 2 is 1.65 bits per heavy atom. The number of nitrogens with zero attached hydrogens (tertiary/aromatic N) is 1. The lowest BCUT2D eigenvalue weighted by Crippen LogP contribution is -2.59. The largest absolute Gasteiger partial charge is 0.340 e. The van der Waals surface area contributed by atoms with E-state index in [0.717, 1.165) is 13.1 Å². The minimum atomic E-state index is 0.364. The quantitative estimate of drug-likeness (QED) is 0.804. The first-order valence-corrected chi connectivity index (χ1v) is 7.25. The van der Waals surface area contributed by atoms with Gasteiger partial charge in [-0.1, -0.05) is 12.8 Å². The van der Waals surface area contributed by atoms with Crippen LogP contribution in [-0.2, 0) is 4.79 Å². The Labute approximate surface area is 104 Å². The molecule has 2 saturated carbocycles. The van der Waals surface area contributed by atoms with E-state index in [1.54, 1.807) is 0 Å². The van der Waals surface area contributed by atoms with Crippen molar-refractivity contribution in [3.05, 3.63) is 0 Å². The maximum absolute atomic E-state index is 12.6. The zero-order chi connectivity index (χ0) is 11.8. The van der Waals surface area contributed by atoms with Gasteiger partial charge in [0.05, 0.1) is 6.04 Å². The van der Waals surface area contributed by atoms with E-state index in [4.69, 9.17) is 0 Å². The summed E-state index contributed by atoms with van der Waals surface area (Å²) in [4.78, 5) is 14.7. The smallest absolute Gasteiger partial charge is 0.226 e. The lowest BCUT2D eigenvalue weighted by Gasteiger charge is -2.45. The fourth-order valence-corrected chi connectivity index (χ4v) is 3.35. The summed E-state index contributed by atoms with van der Waals surface area (Å²) in [6, 6.07) is 0.463.